The first kappa shape index (κ1) is 25.9. The van der Waals surface area contributed by atoms with Crippen LogP contribution in [0.2, 0.25) is 5.02 Å². The highest BCUT2D eigenvalue weighted by molar-refractivity contribution is 7.99. The van der Waals surface area contributed by atoms with Crippen molar-refractivity contribution in [2.45, 2.75) is 44.2 Å². The molecule has 0 aromatic heterocycles. The van der Waals surface area contributed by atoms with Gasteiger partial charge in [-0.25, -0.2) is 0 Å². The number of nitrogens with zero attached hydrogens (tertiary/aromatic N) is 1. The lowest BCUT2D eigenvalue weighted by molar-refractivity contribution is -0.140. The second-order valence-electron chi connectivity index (χ2n) is 8.10. The van der Waals surface area contributed by atoms with Crippen LogP contribution < -0.4 is 5.32 Å². The molecule has 0 aliphatic carbocycles. The molecule has 4 nitrogen and oxygen atoms in total. The van der Waals surface area contributed by atoms with Gasteiger partial charge in [-0.3, -0.25) is 9.59 Å². The standard InChI is InChI=1S/C28H31ClN2O2S/c1-3-30-28(33)26(19-22-10-5-4-6-11-22)31(20-23-12-8-7-9-21(23)2)27(32)17-18-34-25-15-13-24(29)14-16-25/h4-16,26H,3,17-20H2,1-2H3,(H,30,33). The molecule has 0 spiro atoms. The maximum absolute atomic E-state index is 13.6. The summed E-state index contributed by atoms with van der Waals surface area (Å²) in [5, 5.41) is 3.63. The number of carbonyl (C=O) groups excluding carboxylic acids is 2. The summed E-state index contributed by atoms with van der Waals surface area (Å²) in [4.78, 5) is 29.5. The SMILES string of the molecule is CCNC(=O)C(Cc1ccccc1)N(Cc1ccccc1C)C(=O)CCSc1ccc(Cl)cc1. The van der Waals surface area contributed by atoms with E-state index < -0.39 is 6.04 Å². The molecule has 3 rings (SSSR count). The maximum Gasteiger partial charge on any atom is 0.243 e. The van der Waals surface area contributed by atoms with Gasteiger partial charge in [-0.05, 0) is 54.8 Å². The van der Waals surface area contributed by atoms with Gasteiger partial charge in [0.25, 0.3) is 0 Å². The van der Waals surface area contributed by atoms with E-state index in [1.54, 1.807) is 16.7 Å². The lowest BCUT2D eigenvalue weighted by Gasteiger charge is -2.32. The van der Waals surface area contributed by atoms with E-state index in [2.05, 4.69) is 5.32 Å². The third-order valence-corrected chi connectivity index (χ3v) is 6.89. The molecule has 0 aliphatic heterocycles. The molecule has 0 aliphatic rings. The average Bonchev–Trinajstić information content (AvgIpc) is 2.84. The summed E-state index contributed by atoms with van der Waals surface area (Å²) in [6.07, 6.45) is 0.804. The quantitative estimate of drug-likeness (QED) is 0.337. The van der Waals surface area contributed by atoms with E-state index in [-0.39, 0.29) is 11.8 Å². The van der Waals surface area contributed by atoms with Gasteiger partial charge in [0.2, 0.25) is 11.8 Å². The normalized spacial score (nSPS) is 11.6. The lowest BCUT2D eigenvalue weighted by atomic mass is 10.0. The minimum Gasteiger partial charge on any atom is -0.355 e. The highest BCUT2D eigenvalue weighted by Gasteiger charge is 2.30. The van der Waals surface area contributed by atoms with Crippen LogP contribution >= 0.6 is 23.4 Å². The van der Waals surface area contributed by atoms with Crippen LogP contribution in [0.25, 0.3) is 0 Å². The van der Waals surface area contributed by atoms with E-state index in [4.69, 9.17) is 11.6 Å². The summed E-state index contributed by atoms with van der Waals surface area (Å²) >= 11 is 7.59. The van der Waals surface area contributed by atoms with Crippen LogP contribution in [-0.4, -0.2) is 35.1 Å². The van der Waals surface area contributed by atoms with Crippen LogP contribution in [0.15, 0.2) is 83.8 Å². The molecular weight excluding hydrogens is 464 g/mol. The number of thioether (sulfide) groups is 1. The molecule has 0 bridgehead atoms. The van der Waals surface area contributed by atoms with Crippen molar-refractivity contribution in [3.05, 3.63) is 101 Å². The fourth-order valence-corrected chi connectivity index (χ4v) is 4.71. The van der Waals surface area contributed by atoms with Crippen LogP contribution in [0.5, 0.6) is 0 Å². The van der Waals surface area contributed by atoms with Gasteiger partial charge >= 0.3 is 0 Å². The smallest absolute Gasteiger partial charge is 0.243 e. The number of rotatable bonds is 11. The molecule has 0 radical (unpaired) electrons. The molecule has 0 heterocycles. The van der Waals surface area contributed by atoms with Crippen molar-refractivity contribution in [2.75, 3.05) is 12.3 Å². The van der Waals surface area contributed by atoms with E-state index in [0.29, 0.717) is 36.7 Å². The molecule has 2 amide bonds. The summed E-state index contributed by atoms with van der Waals surface area (Å²) in [5.74, 6) is 0.466. The van der Waals surface area contributed by atoms with Gasteiger partial charge in [0, 0.05) is 41.6 Å². The molecule has 178 valence electrons. The Morgan fingerprint density at radius 3 is 2.32 bits per heavy atom. The lowest BCUT2D eigenvalue weighted by Crippen LogP contribution is -2.50. The Kier molecular flexibility index (Phi) is 10.0. The molecule has 3 aromatic carbocycles. The molecule has 1 N–H and O–H groups in total. The fraction of sp³-hybridized carbons (Fsp3) is 0.286. The van der Waals surface area contributed by atoms with Crippen LogP contribution in [0.3, 0.4) is 0 Å². The second kappa shape index (κ2) is 13.2. The van der Waals surface area contributed by atoms with Crippen molar-refractivity contribution in [3.8, 4) is 0 Å². The van der Waals surface area contributed by atoms with E-state index >= 15 is 0 Å². The number of hydrogen-bond acceptors (Lipinski definition) is 3. The number of halogens is 1. The zero-order valence-corrected chi connectivity index (χ0v) is 21.2. The molecule has 0 fully saturated rings. The number of aryl methyl sites for hydroxylation is 1. The van der Waals surface area contributed by atoms with Crippen LogP contribution in [0.1, 0.15) is 30.0 Å². The number of carbonyl (C=O) groups is 2. The summed E-state index contributed by atoms with van der Waals surface area (Å²) < 4.78 is 0. The van der Waals surface area contributed by atoms with Crippen molar-refractivity contribution in [3.63, 3.8) is 0 Å². The molecule has 1 atom stereocenters. The summed E-state index contributed by atoms with van der Waals surface area (Å²) in [6.45, 7) is 4.84. The Hall–Kier alpha value is -2.76. The predicted molar refractivity (Wildman–Crippen MR) is 141 cm³/mol. The Balaban J connectivity index is 1.82. The van der Waals surface area contributed by atoms with Crippen LogP contribution in [0, 0.1) is 6.92 Å². The van der Waals surface area contributed by atoms with E-state index in [0.717, 1.165) is 21.6 Å². The highest BCUT2D eigenvalue weighted by Crippen LogP contribution is 2.23. The van der Waals surface area contributed by atoms with Gasteiger partial charge in [-0.1, -0.05) is 66.2 Å². The molecule has 1 unspecified atom stereocenters. The first-order valence-corrected chi connectivity index (χ1v) is 12.9. The molecule has 34 heavy (non-hydrogen) atoms. The Morgan fingerprint density at radius 1 is 0.971 bits per heavy atom. The van der Waals surface area contributed by atoms with Crippen LogP contribution in [0.4, 0.5) is 0 Å². The fourth-order valence-electron chi connectivity index (χ4n) is 3.75. The van der Waals surface area contributed by atoms with Crippen molar-refractivity contribution in [2.24, 2.45) is 0 Å². The van der Waals surface area contributed by atoms with E-state index in [1.165, 1.54) is 0 Å². The van der Waals surface area contributed by atoms with Crippen molar-refractivity contribution in [1.82, 2.24) is 10.2 Å². The number of benzene rings is 3. The Labute approximate surface area is 211 Å². The first-order chi connectivity index (χ1) is 16.5. The highest BCUT2D eigenvalue weighted by atomic mass is 35.5. The van der Waals surface area contributed by atoms with Crippen LogP contribution in [-0.2, 0) is 22.6 Å². The number of likely N-dealkylation sites (N-methyl/N-ethyl adjacent to an activating group) is 1. The molecule has 0 saturated carbocycles. The molecular formula is C28H31ClN2O2S. The van der Waals surface area contributed by atoms with Crippen molar-refractivity contribution in [1.29, 1.82) is 0 Å². The summed E-state index contributed by atoms with van der Waals surface area (Å²) in [6, 6.07) is 24.9. The third-order valence-electron chi connectivity index (χ3n) is 5.62. The summed E-state index contributed by atoms with van der Waals surface area (Å²) in [7, 11) is 0. The van der Waals surface area contributed by atoms with Crippen molar-refractivity contribution < 1.29 is 9.59 Å². The second-order valence-corrected chi connectivity index (χ2v) is 9.71. The number of amides is 2. The van der Waals surface area contributed by atoms with Gasteiger partial charge in [0.05, 0.1) is 0 Å². The topological polar surface area (TPSA) is 49.4 Å². The molecule has 3 aromatic rings. The van der Waals surface area contributed by atoms with Gasteiger partial charge in [-0.2, -0.15) is 0 Å². The van der Waals surface area contributed by atoms with Gasteiger partial charge in [0.15, 0.2) is 0 Å². The average molecular weight is 495 g/mol. The zero-order valence-electron chi connectivity index (χ0n) is 19.7. The minimum absolute atomic E-state index is 0.0306. The minimum atomic E-state index is -0.588. The zero-order chi connectivity index (χ0) is 24.3. The third kappa shape index (κ3) is 7.64. The van der Waals surface area contributed by atoms with E-state index in [9.17, 15) is 9.59 Å². The molecule has 6 heteroatoms. The maximum atomic E-state index is 13.6. The van der Waals surface area contributed by atoms with Gasteiger partial charge in [-0.15, -0.1) is 11.8 Å². The van der Waals surface area contributed by atoms with Crippen molar-refractivity contribution >= 4 is 35.2 Å². The van der Waals surface area contributed by atoms with E-state index in [1.807, 2.05) is 92.7 Å². The first-order valence-electron chi connectivity index (χ1n) is 11.5. The predicted octanol–water partition coefficient (Wildman–Crippen LogP) is 5.91. The monoisotopic (exact) mass is 494 g/mol. The molecule has 0 saturated heterocycles. The van der Waals surface area contributed by atoms with Gasteiger partial charge in [0.1, 0.15) is 6.04 Å². The van der Waals surface area contributed by atoms with Gasteiger partial charge < -0.3 is 10.2 Å². The largest absolute Gasteiger partial charge is 0.355 e. The number of nitrogens with one attached hydrogen (secondary N) is 1. The Bertz CT molecular complexity index is 1070. The number of hydrogen-bond donors (Lipinski definition) is 1. The summed E-state index contributed by atoms with van der Waals surface area (Å²) in [5.41, 5.74) is 3.17. The Morgan fingerprint density at radius 2 is 1.65 bits per heavy atom.